The van der Waals surface area contributed by atoms with Crippen LogP contribution in [0.1, 0.15) is 44.1 Å². The second kappa shape index (κ2) is 6.30. The van der Waals surface area contributed by atoms with Gasteiger partial charge in [-0.3, -0.25) is 9.69 Å². The van der Waals surface area contributed by atoms with Gasteiger partial charge in [0.2, 0.25) is 5.91 Å². The van der Waals surface area contributed by atoms with Crippen molar-refractivity contribution in [3.8, 4) is 0 Å². The van der Waals surface area contributed by atoms with Crippen molar-refractivity contribution >= 4 is 17.5 Å². The highest BCUT2D eigenvalue weighted by atomic mass is 35.5. The number of nitrogens with zero attached hydrogens (tertiary/aromatic N) is 2. The summed E-state index contributed by atoms with van der Waals surface area (Å²) >= 11 is 5.99. The molecule has 1 aliphatic carbocycles. The smallest absolute Gasteiger partial charge is 0.222 e. The summed E-state index contributed by atoms with van der Waals surface area (Å²) in [7, 11) is 0. The van der Waals surface area contributed by atoms with Crippen LogP contribution in [0.2, 0.25) is 5.02 Å². The molecule has 1 amide bonds. The van der Waals surface area contributed by atoms with Gasteiger partial charge >= 0.3 is 0 Å². The molecule has 0 radical (unpaired) electrons. The van der Waals surface area contributed by atoms with Crippen LogP contribution in [-0.4, -0.2) is 41.4 Å². The fourth-order valence-corrected chi connectivity index (χ4v) is 4.46. The van der Waals surface area contributed by atoms with Crippen molar-refractivity contribution < 1.29 is 9.18 Å². The van der Waals surface area contributed by atoms with Gasteiger partial charge in [0.05, 0.1) is 0 Å². The predicted molar refractivity (Wildman–Crippen MR) is 92.3 cm³/mol. The van der Waals surface area contributed by atoms with Crippen molar-refractivity contribution in [3.05, 3.63) is 34.6 Å². The van der Waals surface area contributed by atoms with Gasteiger partial charge in [-0.25, -0.2) is 4.39 Å². The molecule has 24 heavy (non-hydrogen) atoms. The van der Waals surface area contributed by atoms with E-state index in [0.29, 0.717) is 40.9 Å². The maximum Gasteiger partial charge on any atom is 0.222 e. The zero-order chi connectivity index (χ0) is 16.7. The zero-order valence-electron chi connectivity index (χ0n) is 13.9. The molecule has 1 aromatic rings. The number of likely N-dealkylation sites (tertiary alicyclic amines) is 2. The number of hydrogen-bond acceptors (Lipinski definition) is 2. The maximum atomic E-state index is 13.9. The van der Waals surface area contributed by atoms with Crippen LogP contribution in [-0.2, 0) is 11.3 Å². The fraction of sp³-hybridized carbons (Fsp3) is 0.632. The number of halogens is 2. The Labute approximate surface area is 147 Å². The molecule has 130 valence electrons. The lowest BCUT2D eigenvalue weighted by Crippen LogP contribution is -2.52. The topological polar surface area (TPSA) is 23.6 Å². The van der Waals surface area contributed by atoms with E-state index < -0.39 is 0 Å². The summed E-state index contributed by atoms with van der Waals surface area (Å²) in [6.45, 7) is 3.50. The van der Waals surface area contributed by atoms with Crippen LogP contribution >= 0.6 is 11.6 Å². The molecule has 0 bridgehead atoms. The van der Waals surface area contributed by atoms with Gasteiger partial charge in [-0.15, -0.1) is 0 Å². The molecule has 1 spiro atoms. The number of piperidine rings is 2. The second-order valence-corrected chi connectivity index (χ2v) is 8.20. The van der Waals surface area contributed by atoms with Gasteiger partial charge < -0.3 is 4.90 Å². The van der Waals surface area contributed by atoms with E-state index in [0.717, 1.165) is 38.9 Å². The van der Waals surface area contributed by atoms with Gasteiger partial charge in [0.15, 0.2) is 0 Å². The van der Waals surface area contributed by atoms with Crippen LogP contribution in [0.5, 0.6) is 0 Å². The summed E-state index contributed by atoms with van der Waals surface area (Å²) in [6.07, 6.45) is 6.30. The number of carbonyl (C=O) groups is 1. The quantitative estimate of drug-likeness (QED) is 0.826. The Balaban J connectivity index is 1.38. The number of rotatable bonds is 3. The van der Waals surface area contributed by atoms with E-state index in [4.69, 9.17) is 11.6 Å². The van der Waals surface area contributed by atoms with Crippen molar-refractivity contribution in [2.45, 2.75) is 51.1 Å². The van der Waals surface area contributed by atoms with E-state index in [1.165, 1.54) is 18.9 Å². The van der Waals surface area contributed by atoms with Gasteiger partial charge in [0, 0.05) is 36.1 Å². The van der Waals surface area contributed by atoms with E-state index in [2.05, 4.69) is 9.80 Å². The minimum atomic E-state index is -0.178. The predicted octanol–water partition coefficient (Wildman–Crippen LogP) is 3.85. The molecule has 2 aliphatic heterocycles. The Hall–Kier alpha value is -1.13. The van der Waals surface area contributed by atoms with E-state index in [-0.39, 0.29) is 5.82 Å². The normalized spacial score (nSPS) is 24.6. The molecule has 0 aromatic heterocycles. The Kier molecular flexibility index (Phi) is 4.29. The lowest BCUT2D eigenvalue weighted by atomic mass is 9.72. The lowest BCUT2D eigenvalue weighted by Gasteiger charge is -2.47. The molecule has 1 aromatic carbocycles. The molecule has 0 unspecified atom stereocenters. The summed E-state index contributed by atoms with van der Waals surface area (Å²) < 4.78 is 13.9. The molecule has 2 saturated heterocycles. The average Bonchev–Trinajstić information content (AvgIpc) is 3.41. The van der Waals surface area contributed by atoms with Gasteiger partial charge in [-0.2, -0.15) is 0 Å². The average molecular weight is 351 g/mol. The van der Waals surface area contributed by atoms with E-state index in [9.17, 15) is 9.18 Å². The lowest BCUT2D eigenvalue weighted by molar-refractivity contribution is -0.139. The largest absolute Gasteiger partial charge is 0.339 e. The van der Waals surface area contributed by atoms with Crippen LogP contribution in [0.3, 0.4) is 0 Å². The molecular weight excluding hydrogens is 327 g/mol. The first-order chi connectivity index (χ1) is 11.5. The molecule has 3 fully saturated rings. The Bertz CT molecular complexity index is 638. The highest BCUT2D eigenvalue weighted by molar-refractivity contribution is 6.30. The minimum absolute atomic E-state index is 0.178. The van der Waals surface area contributed by atoms with Gasteiger partial charge in [-0.05, 0) is 68.8 Å². The maximum absolute atomic E-state index is 13.9. The fourth-order valence-electron chi connectivity index (χ4n) is 4.26. The van der Waals surface area contributed by atoms with Crippen LogP contribution < -0.4 is 0 Å². The number of amides is 1. The monoisotopic (exact) mass is 350 g/mol. The number of hydrogen-bond donors (Lipinski definition) is 0. The van der Waals surface area contributed by atoms with Gasteiger partial charge in [0.1, 0.15) is 5.82 Å². The van der Waals surface area contributed by atoms with Crippen molar-refractivity contribution in [1.29, 1.82) is 0 Å². The first kappa shape index (κ1) is 16.3. The third-order valence-electron chi connectivity index (χ3n) is 6.00. The third-order valence-corrected chi connectivity index (χ3v) is 6.24. The zero-order valence-corrected chi connectivity index (χ0v) is 14.7. The van der Waals surface area contributed by atoms with Crippen LogP contribution in [0, 0.1) is 11.2 Å². The molecule has 3 aliphatic rings. The second-order valence-electron chi connectivity index (χ2n) is 7.76. The van der Waals surface area contributed by atoms with E-state index in [1.54, 1.807) is 12.1 Å². The Morgan fingerprint density at radius 3 is 2.67 bits per heavy atom. The summed E-state index contributed by atoms with van der Waals surface area (Å²) in [4.78, 5) is 16.6. The summed E-state index contributed by atoms with van der Waals surface area (Å²) in [6, 6.07) is 5.30. The molecule has 1 saturated carbocycles. The van der Waals surface area contributed by atoms with E-state index >= 15 is 0 Å². The van der Waals surface area contributed by atoms with Crippen molar-refractivity contribution in [3.63, 3.8) is 0 Å². The van der Waals surface area contributed by atoms with Crippen LogP contribution in [0.4, 0.5) is 4.39 Å². The molecule has 2 heterocycles. The molecular formula is C19H24ClFN2O. The van der Waals surface area contributed by atoms with Gasteiger partial charge in [-0.1, -0.05) is 11.6 Å². The first-order valence-corrected chi connectivity index (χ1v) is 9.38. The van der Waals surface area contributed by atoms with Crippen molar-refractivity contribution in [2.75, 3.05) is 19.6 Å². The summed E-state index contributed by atoms with van der Waals surface area (Å²) in [5.74, 6) is 0.175. The number of carbonyl (C=O) groups excluding carboxylic acids is 1. The summed E-state index contributed by atoms with van der Waals surface area (Å²) in [5, 5.41) is 0.589. The SMILES string of the molecule is O=C1CCC2(CCN(Cc3cc(Cl)ccc3F)CC2)CN1C1CC1. The molecule has 3 nitrogen and oxygen atoms in total. The third kappa shape index (κ3) is 3.31. The van der Waals surface area contributed by atoms with Crippen LogP contribution in [0.15, 0.2) is 18.2 Å². The van der Waals surface area contributed by atoms with Crippen LogP contribution in [0.25, 0.3) is 0 Å². The van der Waals surface area contributed by atoms with Crippen molar-refractivity contribution in [2.24, 2.45) is 5.41 Å². The Morgan fingerprint density at radius 2 is 1.96 bits per heavy atom. The van der Waals surface area contributed by atoms with Crippen molar-refractivity contribution in [1.82, 2.24) is 9.80 Å². The van der Waals surface area contributed by atoms with E-state index in [1.807, 2.05) is 0 Å². The summed E-state index contributed by atoms with van der Waals surface area (Å²) in [5.41, 5.74) is 0.969. The van der Waals surface area contributed by atoms with Gasteiger partial charge in [0.25, 0.3) is 0 Å². The standard InChI is InChI=1S/C19H24ClFN2O/c20-15-1-4-17(21)14(11-15)12-22-9-7-19(8-10-22)6-5-18(24)23(13-19)16-2-3-16/h1,4,11,16H,2-3,5-10,12-13H2. The number of benzene rings is 1. The molecule has 0 N–H and O–H groups in total. The first-order valence-electron chi connectivity index (χ1n) is 9.00. The highest BCUT2D eigenvalue weighted by Gasteiger charge is 2.45. The molecule has 4 rings (SSSR count). The Morgan fingerprint density at radius 1 is 1.21 bits per heavy atom. The molecule has 5 heteroatoms. The molecule has 0 atom stereocenters. The minimum Gasteiger partial charge on any atom is -0.339 e. The highest BCUT2D eigenvalue weighted by Crippen LogP contribution is 2.43.